The van der Waals surface area contributed by atoms with Crippen molar-refractivity contribution in [2.75, 3.05) is 0 Å². The highest BCUT2D eigenvalue weighted by molar-refractivity contribution is 5.34. The van der Waals surface area contributed by atoms with Crippen LogP contribution in [0.25, 0.3) is 0 Å². The third-order valence-corrected chi connectivity index (χ3v) is 3.05. The lowest BCUT2D eigenvalue weighted by atomic mass is 10.1. The molecule has 0 saturated carbocycles. The molecule has 1 N–H and O–H groups in total. The number of fused-ring (bicyclic) bond motifs is 1. The molecule has 1 aromatic heterocycles. The zero-order valence-corrected chi connectivity index (χ0v) is 8.89. The molecule has 3 rings (SSSR count). The number of nitrogens with one attached hydrogen (secondary N) is 1. The lowest BCUT2D eigenvalue weighted by Gasteiger charge is -2.11. The molecule has 1 heterocycles. The maximum absolute atomic E-state index is 4.70. The summed E-state index contributed by atoms with van der Waals surface area (Å²) in [6, 6.07) is 9.00. The van der Waals surface area contributed by atoms with E-state index in [0.29, 0.717) is 18.4 Å². The molecule has 1 aromatic carbocycles. The van der Waals surface area contributed by atoms with Crippen molar-refractivity contribution in [3.05, 3.63) is 47.6 Å². The van der Waals surface area contributed by atoms with E-state index >= 15 is 0 Å². The summed E-state index contributed by atoms with van der Waals surface area (Å²) in [6.45, 7) is 0.662. The zero-order valence-electron chi connectivity index (χ0n) is 8.89. The van der Waals surface area contributed by atoms with E-state index in [-0.39, 0.29) is 0 Å². The van der Waals surface area contributed by atoms with Crippen molar-refractivity contribution >= 4 is 0 Å². The fraction of sp³-hybridized carbons (Fsp3) is 0.333. The summed E-state index contributed by atoms with van der Waals surface area (Å²) in [4.78, 5) is 3.99. The Labute approximate surface area is 93.7 Å². The standard InChI is InChI=1S/C12H13N3O/c1-2-4-10-9(3-1)5-6-11(10)13-7-12-14-8-16-15-12/h1-4,8,11,13H,5-7H2. The molecule has 0 fully saturated rings. The molecular weight excluding hydrogens is 202 g/mol. The van der Waals surface area contributed by atoms with Crippen molar-refractivity contribution in [1.82, 2.24) is 15.5 Å². The fourth-order valence-electron chi connectivity index (χ4n) is 2.25. The number of hydrogen-bond acceptors (Lipinski definition) is 4. The van der Waals surface area contributed by atoms with Gasteiger partial charge in [0, 0.05) is 6.04 Å². The molecule has 1 aliphatic rings. The minimum atomic E-state index is 0.426. The Morgan fingerprint density at radius 3 is 3.19 bits per heavy atom. The Morgan fingerprint density at radius 2 is 2.31 bits per heavy atom. The van der Waals surface area contributed by atoms with Gasteiger partial charge in [-0.1, -0.05) is 29.4 Å². The summed E-state index contributed by atoms with van der Waals surface area (Å²) in [5, 5.41) is 7.24. The summed E-state index contributed by atoms with van der Waals surface area (Å²) in [5.41, 5.74) is 2.86. The summed E-state index contributed by atoms with van der Waals surface area (Å²) >= 11 is 0. The highest BCUT2D eigenvalue weighted by atomic mass is 16.5. The van der Waals surface area contributed by atoms with Gasteiger partial charge in [0.2, 0.25) is 6.39 Å². The van der Waals surface area contributed by atoms with Crippen LogP contribution in [0.5, 0.6) is 0 Å². The zero-order chi connectivity index (χ0) is 10.8. The van der Waals surface area contributed by atoms with Crippen molar-refractivity contribution in [3.8, 4) is 0 Å². The predicted molar refractivity (Wildman–Crippen MR) is 58.6 cm³/mol. The maximum atomic E-state index is 4.70. The summed E-state index contributed by atoms with van der Waals surface area (Å²) in [7, 11) is 0. The van der Waals surface area contributed by atoms with E-state index in [1.54, 1.807) is 0 Å². The van der Waals surface area contributed by atoms with Crippen LogP contribution in [0.3, 0.4) is 0 Å². The maximum Gasteiger partial charge on any atom is 0.213 e. The van der Waals surface area contributed by atoms with Crippen LogP contribution in [-0.2, 0) is 13.0 Å². The van der Waals surface area contributed by atoms with E-state index in [0.717, 1.165) is 12.8 Å². The van der Waals surface area contributed by atoms with Crippen LogP contribution in [0, 0.1) is 0 Å². The largest absolute Gasteiger partial charge is 0.343 e. The fourth-order valence-corrected chi connectivity index (χ4v) is 2.25. The first-order valence-electron chi connectivity index (χ1n) is 5.50. The first-order chi connectivity index (χ1) is 7.93. The van der Waals surface area contributed by atoms with Crippen LogP contribution in [0.1, 0.15) is 29.4 Å². The summed E-state index contributed by atoms with van der Waals surface area (Å²) in [6.07, 6.45) is 3.66. The van der Waals surface area contributed by atoms with Crippen LogP contribution >= 0.6 is 0 Å². The van der Waals surface area contributed by atoms with Crippen molar-refractivity contribution in [2.45, 2.75) is 25.4 Å². The van der Waals surface area contributed by atoms with Gasteiger partial charge in [0.05, 0.1) is 6.54 Å². The van der Waals surface area contributed by atoms with E-state index in [4.69, 9.17) is 4.52 Å². The van der Waals surface area contributed by atoms with E-state index in [1.807, 2.05) is 0 Å². The summed E-state index contributed by atoms with van der Waals surface area (Å²) < 4.78 is 4.70. The van der Waals surface area contributed by atoms with E-state index < -0.39 is 0 Å². The third kappa shape index (κ3) is 1.72. The third-order valence-electron chi connectivity index (χ3n) is 3.05. The Bertz CT molecular complexity index is 467. The smallest absolute Gasteiger partial charge is 0.213 e. The molecule has 0 bridgehead atoms. The van der Waals surface area contributed by atoms with Gasteiger partial charge in [-0.25, -0.2) is 0 Å². The SMILES string of the molecule is c1ccc2c(c1)CCC2NCc1ncon1. The molecule has 2 aromatic rings. The minimum absolute atomic E-state index is 0.426. The number of hydrogen-bond donors (Lipinski definition) is 1. The number of aromatic nitrogens is 2. The van der Waals surface area contributed by atoms with Gasteiger partial charge in [-0.3, -0.25) is 0 Å². The normalized spacial score (nSPS) is 18.6. The van der Waals surface area contributed by atoms with Crippen LogP contribution in [0.2, 0.25) is 0 Å². The second kappa shape index (κ2) is 4.06. The molecule has 82 valence electrons. The average molecular weight is 215 g/mol. The molecule has 0 aliphatic heterocycles. The molecule has 0 spiro atoms. The van der Waals surface area contributed by atoms with E-state index in [1.165, 1.54) is 17.5 Å². The van der Waals surface area contributed by atoms with Gasteiger partial charge >= 0.3 is 0 Å². The molecule has 1 unspecified atom stereocenters. The van der Waals surface area contributed by atoms with Crippen molar-refractivity contribution in [1.29, 1.82) is 0 Å². The average Bonchev–Trinajstić information content (AvgIpc) is 2.96. The first kappa shape index (κ1) is 9.54. The molecule has 1 aliphatic carbocycles. The van der Waals surface area contributed by atoms with Crippen LogP contribution in [-0.4, -0.2) is 10.1 Å². The van der Waals surface area contributed by atoms with Crippen molar-refractivity contribution in [3.63, 3.8) is 0 Å². The summed E-state index contributed by atoms with van der Waals surface area (Å²) in [5.74, 6) is 0.712. The Morgan fingerprint density at radius 1 is 1.38 bits per heavy atom. The lowest BCUT2D eigenvalue weighted by molar-refractivity contribution is 0.403. The Kier molecular flexibility index (Phi) is 2.42. The van der Waals surface area contributed by atoms with Crippen molar-refractivity contribution in [2.24, 2.45) is 0 Å². The van der Waals surface area contributed by atoms with Gasteiger partial charge in [0.1, 0.15) is 0 Å². The predicted octanol–water partition coefficient (Wildman–Crippen LogP) is 1.85. The number of aryl methyl sites for hydroxylation is 1. The molecule has 0 radical (unpaired) electrons. The Balaban J connectivity index is 1.69. The number of rotatable bonds is 3. The Hall–Kier alpha value is -1.68. The lowest BCUT2D eigenvalue weighted by Crippen LogP contribution is -2.19. The molecular formula is C12H13N3O. The molecule has 0 amide bonds. The van der Waals surface area contributed by atoms with Crippen LogP contribution < -0.4 is 5.32 Å². The second-order valence-electron chi connectivity index (χ2n) is 4.02. The van der Waals surface area contributed by atoms with Gasteiger partial charge in [0.25, 0.3) is 0 Å². The topological polar surface area (TPSA) is 51.0 Å². The molecule has 1 atom stereocenters. The molecule has 0 saturated heterocycles. The quantitative estimate of drug-likeness (QED) is 0.848. The van der Waals surface area contributed by atoms with E-state index in [9.17, 15) is 0 Å². The minimum Gasteiger partial charge on any atom is -0.343 e. The monoisotopic (exact) mass is 215 g/mol. The molecule has 16 heavy (non-hydrogen) atoms. The number of benzene rings is 1. The highest BCUT2D eigenvalue weighted by Crippen LogP contribution is 2.30. The van der Waals surface area contributed by atoms with Gasteiger partial charge in [-0.15, -0.1) is 0 Å². The second-order valence-corrected chi connectivity index (χ2v) is 4.02. The first-order valence-corrected chi connectivity index (χ1v) is 5.50. The molecule has 4 heteroatoms. The van der Waals surface area contributed by atoms with Gasteiger partial charge in [-0.05, 0) is 24.0 Å². The van der Waals surface area contributed by atoms with Crippen LogP contribution in [0.4, 0.5) is 0 Å². The van der Waals surface area contributed by atoms with Crippen LogP contribution in [0.15, 0.2) is 35.2 Å². The molecule has 4 nitrogen and oxygen atoms in total. The highest BCUT2D eigenvalue weighted by Gasteiger charge is 2.21. The van der Waals surface area contributed by atoms with E-state index in [2.05, 4.69) is 39.7 Å². The number of nitrogens with zero attached hydrogens (tertiary/aromatic N) is 2. The van der Waals surface area contributed by atoms with Gasteiger partial charge < -0.3 is 9.84 Å². The van der Waals surface area contributed by atoms with Crippen molar-refractivity contribution < 1.29 is 4.52 Å². The van der Waals surface area contributed by atoms with Gasteiger partial charge in [0.15, 0.2) is 5.82 Å². The van der Waals surface area contributed by atoms with Gasteiger partial charge in [-0.2, -0.15) is 4.98 Å².